The third-order valence-corrected chi connectivity index (χ3v) is 6.09. The number of Topliss-reactive ketones (excluding diaryl/α,β-unsaturated/α-hetero) is 2. The second-order valence-corrected chi connectivity index (χ2v) is 8.15. The summed E-state index contributed by atoms with van der Waals surface area (Å²) in [6.07, 6.45) is -2.04. The smallest absolute Gasteiger partial charge is 0.222 e. The maximum atomic E-state index is 13.3. The number of carbonyl (C=O) groups is 2. The molecule has 33 heavy (non-hydrogen) atoms. The van der Waals surface area contributed by atoms with E-state index in [4.69, 9.17) is 18.9 Å². The quantitative estimate of drug-likeness (QED) is 0.217. The van der Waals surface area contributed by atoms with Gasteiger partial charge in [0.25, 0.3) is 0 Å². The molecule has 0 aliphatic heterocycles. The maximum absolute atomic E-state index is 13.3. The van der Waals surface area contributed by atoms with Gasteiger partial charge in [-0.05, 0) is 64.1 Å². The molecule has 8 heteroatoms. The van der Waals surface area contributed by atoms with Gasteiger partial charge >= 0.3 is 0 Å². The first kappa shape index (κ1) is 25.1. The fraction of sp³-hybridized carbons (Fsp3) is 0.400. The lowest BCUT2D eigenvalue weighted by molar-refractivity contribution is -0.107. The van der Waals surface area contributed by atoms with Crippen LogP contribution in [-0.2, 0) is 18.9 Å². The molecule has 0 aliphatic carbocycles. The Hall–Kier alpha value is -2.49. The Morgan fingerprint density at radius 1 is 0.697 bits per heavy atom. The minimum Gasteiger partial charge on any atom is -0.346 e. The fourth-order valence-corrected chi connectivity index (χ4v) is 4.47. The molecule has 3 rings (SSSR count). The van der Waals surface area contributed by atoms with Gasteiger partial charge in [-0.2, -0.15) is 0 Å². The van der Waals surface area contributed by atoms with Gasteiger partial charge in [-0.15, -0.1) is 11.3 Å². The number of fused-ring (bicyclic) bond motifs is 2. The molecule has 0 spiro atoms. The lowest BCUT2D eigenvalue weighted by Crippen LogP contribution is -2.28. The Kier molecular flexibility index (Phi) is 8.82. The molecule has 0 fully saturated rings. The molecule has 0 saturated carbocycles. The van der Waals surface area contributed by atoms with Gasteiger partial charge in [-0.25, -0.2) is 0 Å². The molecule has 0 atom stereocenters. The van der Waals surface area contributed by atoms with Crippen LogP contribution in [-0.4, -0.2) is 50.6 Å². The van der Waals surface area contributed by atoms with E-state index >= 15 is 0 Å². The van der Waals surface area contributed by atoms with Crippen LogP contribution >= 0.6 is 11.3 Å². The molecule has 0 bridgehead atoms. The van der Waals surface area contributed by atoms with E-state index in [2.05, 4.69) is 0 Å². The van der Waals surface area contributed by atoms with Crippen LogP contribution in [0.4, 0.5) is 0 Å². The van der Waals surface area contributed by atoms with Crippen molar-refractivity contribution in [3.63, 3.8) is 0 Å². The highest BCUT2D eigenvalue weighted by Gasteiger charge is 2.23. The largest absolute Gasteiger partial charge is 0.346 e. The van der Waals surface area contributed by atoms with E-state index in [0.29, 0.717) is 48.3 Å². The molecule has 0 amide bonds. The molecule has 7 nitrogen and oxygen atoms in total. The molecular formula is C25H28O7S. The van der Waals surface area contributed by atoms with Crippen molar-refractivity contribution in [1.82, 2.24) is 0 Å². The van der Waals surface area contributed by atoms with Crippen molar-refractivity contribution in [3.05, 3.63) is 57.7 Å². The van der Waals surface area contributed by atoms with Crippen molar-refractivity contribution in [3.8, 4) is 0 Å². The monoisotopic (exact) mass is 472 g/mol. The number of benzene rings is 2. The Balaban J connectivity index is 2.06. The Morgan fingerprint density at radius 3 is 1.39 bits per heavy atom. The molecule has 1 heterocycles. The highest BCUT2D eigenvalue weighted by Crippen LogP contribution is 2.27. The summed E-state index contributed by atoms with van der Waals surface area (Å²) in [5.41, 5.74) is 0.410. The lowest BCUT2D eigenvalue weighted by atomic mass is 10.0. The zero-order chi connectivity index (χ0) is 24.0. The predicted molar refractivity (Wildman–Crippen MR) is 128 cm³/mol. The van der Waals surface area contributed by atoms with Crippen LogP contribution < -0.4 is 5.43 Å². The summed E-state index contributed by atoms with van der Waals surface area (Å²) in [7, 11) is 0. The molecule has 0 radical (unpaired) electrons. The molecular weight excluding hydrogens is 444 g/mol. The molecule has 0 saturated heterocycles. The van der Waals surface area contributed by atoms with Crippen LogP contribution in [0.25, 0.3) is 20.2 Å². The van der Waals surface area contributed by atoms with Gasteiger partial charge < -0.3 is 18.9 Å². The van der Waals surface area contributed by atoms with Crippen LogP contribution in [0.5, 0.6) is 0 Å². The molecule has 0 aliphatic rings. The molecule has 1 aromatic heterocycles. The van der Waals surface area contributed by atoms with Crippen LogP contribution in [0.2, 0.25) is 0 Å². The van der Waals surface area contributed by atoms with Crippen LogP contribution in [0.15, 0.2) is 41.2 Å². The summed E-state index contributed by atoms with van der Waals surface area (Å²) in [6, 6.07) is 9.98. The van der Waals surface area contributed by atoms with E-state index < -0.39 is 12.6 Å². The zero-order valence-corrected chi connectivity index (χ0v) is 20.0. The second kappa shape index (κ2) is 11.6. The van der Waals surface area contributed by atoms with Gasteiger partial charge in [-0.3, -0.25) is 14.4 Å². The number of rotatable bonds is 12. The zero-order valence-electron chi connectivity index (χ0n) is 19.2. The third-order valence-electron chi connectivity index (χ3n) is 4.94. The minimum atomic E-state index is -1.02. The third kappa shape index (κ3) is 5.54. The van der Waals surface area contributed by atoms with E-state index in [0.717, 1.165) is 9.40 Å². The summed E-state index contributed by atoms with van der Waals surface area (Å²) in [5.74, 6) is -0.685. The first-order valence-electron chi connectivity index (χ1n) is 11.0. The predicted octanol–water partition coefficient (Wildman–Crippen LogP) is 4.58. The standard InChI is InChI=1S/C25H28O7S/c1-5-29-24(30-6-2)21(26)15-9-11-19-17(13-15)23(28)18-14-16(10-12-20(18)33-19)22(27)25(31-7-3)32-8-4/h9-14,24-25H,5-8H2,1-4H3. The maximum Gasteiger partial charge on any atom is 0.222 e. The van der Waals surface area contributed by atoms with E-state index in [9.17, 15) is 14.4 Å². The summed E-state index contributed by atoms with van der Waals surface area (Å²) < 4.78 is 23.1. The van der Waals surface area contributed by atoms with Crippen molar-refractivity contribution in [2.75, 3.05) is 26.4 Å². The highest BCUT2D eigenvalue weighted by atomic mass is 32.1. The lowest BCUT2D eigenvalue weighted by Gasteiger charge is -2.16. The van der Waals surface area contributed by atoms with E-state index in [-0.39, 0.29) is 17.0 Å². The van der Waals surface area contributed by atoms with Gasteiger partial charge in [0, 0.05) is 57.7 Å². The first-order chi connectivity index (χ1) is 15.9. The van der Waals surface area contributed by atoms with Crippen molar-refractivity contribution < 1.29 is 28.5 Å². The average Bonchev–Trinajstić information content (AvgIpc) is 2.82. The molecule has 0 unspecified atom stereocenters. The summed E-state index contributed by atoms with van der Waals surface area (Å²) >= 11 is 1.42. The summed E-state index contributed by atoms with van der Waals surface area (Å²) in [5, 5.41) is 0.807. The van der Waals surface area contributed by atoms with Gasteiger partial charge in [0.1, 0.15) is 0 Å². The number of ketones is 2. The van der Waals surface area contributed by atoms with E-state index in [1.54, 1.807) is 64.1 Å². The van der Waals surface area contributed by atoms with Crippen LogP contribution in [0, 0.1) is 0 Å². The topological polar surface area (TPSA) is 88.1 Å². The Morgan fingerprint density at radius 2 is 1.06 bits per heavy atom. The van der Waals surface area contributed by atoms with Crippen molar-refractivity contribution >= 4 is 43.1 Å². The molecule has 3 aromatic rings. The highest BCUT2D eigenvalue weighted by molar-refractivity contribution is 7.24. The summed E-state index contributed by atoms with van der Waals surface area (Å²) in [4.78, 5) is 39.1. The van der Waals surface area contributed by atoms with E-state index in [1.165, 1.54) is 11.3 Å². The Labute approximate surface area is 196 Å². The molecule has 176 valence electrons. The van der Waals surface area contributed by atoms with E-state index in [1.807, 2.05) is 0 Å². The molecule has 2 aromatic carbocycles. The van der Waals surface area contributed by atoms with Crippen LogP contribution in [0.1, 0.15) is 48.4 Å². The minimum absolute atomic E-state index is 0.253. The average molecular weight is 473 g/mol. The van der Waals surface area contributed by atoms with Gasteiger partial charge in [0.15, 0.2) is 5.43 Å². The van der Waals surface area contributed by atoms with Gasteiger partial charge in [0.05, 0.1) is 0 Å². The van der Waals surface area contributed by atoms with Gasteiger partial charge in [0.2, 0.25) is 24.1 Å². The summed E-state index contributed by atoms with van der Waals surface area (Å²) in [6.45, 7) is 8.42. The van der Waals surface area contributed by atoms with Crippen molar-refractivity contribution in [2.24, 2.45) is 0 Å². The number of ether oxygens (including phenoxy) is 4. The van der Waals surface area contributed by atoms with Crippen molar-refractivity contribution in [1.29, 1.82) is 0 Å². The van der Waals surface area contributed by atoms with Crippen molar-refractivity contribution in [2.45, 2.75) is 40.3 Å². The number of hydrogen-bond donors (Lipinski definition) is 0. The van der Waals surface area contributed by atoms with Crippen LogP contribution in [0.3, 0.4) is 0 Å². The normalized spacial score (nSPS) is 11.7. The number of hydrogen-bond acceptors (Lipinski definition) is 8. The first-order valence-corrected chi connectivity index (χ1v) is 11.8. The fourth-order valence-electron chi connectivity index (χ4n) is 3.44. The number of carbonyl (C=O) groups excluding carboxylic acids is 2. The molecule has 0 N–H and O–H groups in total. The second-order valence-electron chi connectivity index (χ2n) is 7.07. The Bertz CT molecular complexity index is 1100. The SMILES string of the molecule is CCOC(OCC)C(=O)c1ccc2sc3ccc(C(=O)C(OCC)OCC)cc3c(=O)c2c1. The van der Waals surface area contributed by atoms with Gasteiger partial charge in [-0.1, -0.05) is 0 Å².